The maximum Gasteiger partial charge on any atom is 0.325 e. The second-order valence-electron chi connectivity index (χ2n) is 6.64. The van der Waals surface area contributed by atoms with E-state index in [1.165, 1.54) is 0 Å². The van der Waals surface area contributed by atoms with Gasteiger partial charge in [0.15, 0.2) is 0 Å². The summed E-state index contributed by atoms with van der Waals surface area (Å²) in [5.74, 6) is -0.477. The lowest BCUT2D eigenvalue weighted by Crippen LogP contribution is -2.51. The number of rotatable bonds is 7. The monoisotopic (exact) mass is 310 g/mol. The molecule has 1 heterocycles. The van der Waals surface area contributed by atoms with Crippen molar-refractivity contribution in [2.24, 2.45) is 11.7 Å². The summed E-state index contributed by atoms with van der Waals surface area (Å²) in [5.41, 5.74) is 4.83. The van der Waals surface area contributed by atoms with Crippen molar-refractivity contribution >= 4 is 17.8 Å². The summed E-state index contributed by atoms with van der Waals surface area (Å²) in [5, 5.41) is 5.45. The van der Waals surface area contributed by atoms with Crippen LogP contribution in [0.1, 0.15) is 46.5 Å². The van der Waals surface area contributed by atoms with Crippen LogP contribution >= 0.6 is 0 Å². The minimum absolute atomic E-state index is 0.189. The molecule has 22 heavy (non-hydrogen) atoms. The normalized spacial score (nSPS) is 25.4. The van der Waals surface area contributed by atoms with Crippen LogP contribution in [0.5, 0.6) is 0 Å². The van der Waals surface area contributed by atoms with Crippen LogP contribution in [0.4, 0.5) is 4.79 Å². The van der Waals surface area contributed by atoms with Crippen LogP contribution < -0.4 is 16.4 Å². The van der Waals surface area contributed by atoms with Crippen LogP contribution in [-0.2, 0) is 9.59 Å². The predicted octanol–water partition coefficient (Wildman–Crippen LogP) is 0.341. The zero-order chi connectivity index (χ0) is 16.5. The molecule has 4 amide bonds. The predicted molar refractivity (Wildman–Crippen MR) is 81.9 cm³/mol. The molecular weight excluding hydrogens is 284 g/mol. The van der Waals surface area contributed by atoms with Crippen molar-refractivity contribution in [3.63, 3.8) is 0 Å². The van der Waals surface area contributed by atoms with Crippen LogP contribution in [0.3, 0.4) is 0 Å². The second-order valence-corrected chi connectivity index (χ2v) is 6.64. The molecule has 0 spiro atoms. The molecule has 1 aliphatic heterocycles. The second kappa shape index (κ2) is 5.87. The van der Waals surface area contributed by atoms with Gasteiger partial charge in [-0.2, -0.15) is 0 Å². The summed E-state index contributed by atoms with van der Waals surface area (Å²) in [7, 11) is 0. The molecule has 0 radical (unpaired) electrons. The third kappa shape index (κ3) is 3.09. The number of nitrogens with two attached hydrogens (primary N) is 1. The van der Waals surface area contributed by atoms with Crippen LogP contribution in [-0.4, -0.2) is 46.9 Å². The van der Waals surface area contributed by atoms with Crippen LogP contribution in [0.2, 0.25) is 0 Å². The van der Waals surface area contributed by atoms with Gasteiger partial charge < -0.3 is 16.4 Å². The molecule has 0 aromatic heterocycles. The summed E-state index contributed by atoms with van der Waals surface area (Å²) in [6.45, 7) is 5.75. The summed E-state index contributed by atoms with van der Waals surface area (Å²) >= 11 is 0. The molecule has 7 nitrogen and oxygen atoms in total. The van der Waals surface area contributed by atoms with Crippen LogP contribution in [0.25, 0.3) is 0 Å². The summed E-state index contributed by atoms with van der Waals surface area (Å²) < 4.78 is 0. The number of hydrogen-bond donors (Lipinski definition) is 3. The summed E-state index contributed by atoms with van der Waals surface area (Å²) in [4.78, 5) is 37.4. The molecule has 4 N–H and O–H groups in total. The number of carbonyl (C=O) groups excluding carboxylic acids is 3. The molecular formula is C15H26N4O3. The highest BCUT2D eigenvalue weighted by atomic mass is 16.2. The molecule has 1 saturated carbocycles. The number of imide groups is 1. The van der Waals surface area contributed by atoms with Gasteiger partial charge in [0.25, 0.3) is 5.91 Å². The summed E-state index contributed by atoms with van der Waals surface area (Å²) in [6, 6.07) is -0.487. The topological polar surface area (TPSA) is 105 Å². The third-order valence-corrected chi connectivity index (χ3v) is 5.04. The number of amides is 4. The molecule has 2 fully saturated rings. The van der Waals surface area contributed by atoms with Gasteiger partial charge in [0.2, 0.25) is 5.91 Å². The Bertz CT molecular complexity index is 485. The lowest BCUT2D eigenvalue weighted by Gasteiger charge is -2.27. The highest BCUT2D eigenvalue weighted by molar-refractivity contribution is 6.09. The maximum absolute atomic E-state index is 12.4. The van der Waals surface area contributed by atoms with Crippen molar-refractivity contribution in [1.29, 1.82) is 0 Å². The van der Waals surface area contributed by atoms with Crippen LogP contribution in [0.15, 0.2) is 0 Å². The minimum Gasteiger partial charge on any atom is -0.353 e. The van der Waals surface area contributed by atoms with Crippen molar-refractivity contribution in [2.75, 3.05) is 13.1 Å². The van der Waals surface area contributed by atoms with Gasteiger partial charge in [-0.05, 0) is 38.5 Å². The Labute approximate surface area is 131 Å². The van der Waals surface area contributed by atoms with E-state index >= 15 is 0 Å². The molecule has 0 aromatic carbocycles. The fraction of sp³-hybridized carbons (Fsp3) is 0.800. The Morgan fingerprint density at radius 2 is 2.00 bits per heavy atom. The zero-order valence-electron chi connectivity index (χ0n) is 13.6. The van der Waals surface area contributed by atoms with E-state index in [9.17, 15) is 14.4 Å². The largest absolute Gasteiger partial charge is 0.353 e. The average molecular weight is 310 g/mol. The van der Waals surface area contributed by atoms with Gasteiger partial charge in [0.05, 0.1) is 0 Å². The molecule has 2 rings (SSSR count). The van der Waals surface area contributed by atoms with Crippen molar-refractivity contribution in [3.8, 4) is 0 Å². The Kier molecular flexibility index (Phi) is 4.47. The quantitative estimate of drug-likeness (QED) is 0.590. The van der Waals surface area contributed by atoms with E-state index < -0.39 is 17.1 Å². The smallest absolute Gasteiger partial charge is 0.325 e. The van der Waals surface area contributed by atoms with E-state index in [2.05, 4.69) is 10.6 Å². The van der Waals surface area contributed by atoms with Gasteiger partial charge in [-0.3, -0.25) is 14.5 Å². The van der Waals surface area contributed by atoms with Crippen LogP contribution in [0, 0.1) is 5.92 Å². The van der Waals surface area contributed by atoms with E-state index in [0.29, 0.717) is 6.54 Å². The zero-order valence-corrected chi connectivity index (χ0v) is 13.6. The minimum atomic E-state index is -0.845. The van der Waals surface area contributed by atoms with E-state index in [0.717, 1.165) is 30.6 Å². The van der Waals surface area contributed by atoms with Gasteiger partial charge >= 0.3 is 6.03 Å². The van der Waals surface area contributed by atoms with Gasteiger partial charge in [-0.1, -0.05) is 13.8 Å². The fourth-order valence-corrected chi connectivity index (χ4v) is 2.77. The number of carbonyl (C=O) groups is 3. The lowest BCUT2D eigenvalue weighted by molar-refractivity contribution is -0.135. The van der Waals surface area contributed by atoms with Gasteiger partial charge in [0.1, 0.15) is 12.1 Å². The molecule has 0 aromatic rings. The molecule has 1 atom stereocenters. The third-order valence-electron chi connectivity index (χ3n) is 5.04. The first kappa shape index (κ1) is 16.7. The Morgan fingerprint density at radius 3 is 2.50 bits per heavy atom. The van der Waals surface area contributed by atoms with E-state index in [4.69, 9.17) is 5.73 Å². The molecule has 1 aliphatic carbocycles. The first-order chi connectivity index (χ1) is 10.3. The lowest BCUT2D eigenvalue weighted by atomic mass is 9.94. The standard InChI is InChI=1S/C15H26N4O3/c1-4-15(16,5-2)9-17-11(20)8-19-12(21)14(3,10-6-7-10)18-13(19)22/h10H,4-9,16H2,1-3H3,(H,17,20)(H,18,22). The van der Waals surface area contributed by atoms with E-state index in [1.807, 2.05) is 13.8 Å². The van der Waals surface area contributed by atoms with Crippen molar-refractivity contribution in [2.45, 2.75) is 57.5 Å². The number of nitrogens with zero attached hydrogens (tertiary/aromatic N) is 1. The molecule has 1 saturated heterocycles. The van der Waals surface area contributed by atoms with Gasteiger partial charge in [-0.15, -0.1) is 0 Å². The Morgan fingerprint density at radius 1 is 1.41 bits per heavy atom. The molecule has 1 unspecified atom stereocenters. The molecule has 7 heteroatoms. The summed E-state index contributed by atoms with van der Waals surface area (Å²) in [6.07, 6.45) is 3.36. The maximum atomic E-state index is 12.4. The first-order valence-electron chi connectivity index (χ1n) is 7.95. The molecule has 0 bridgehead atoms. The molecule has 2 aliphatic rings. The van der Waals surface area contributed by atoms with E-state index in [1.54, 1.807) is 6.92 Å². The number of hydrogen-bond acceptors (Lipinski definition) is 4. The van der Waals surface area contributed by atoms with Crippen molar-refractivity contribution in [1.82, 2.24) is 15.5 Å². The highest BCUT2D eigenvalue weighted by Gasteiger charge is 2.56. The Hall–Kier alpha value is -1.63. The number of urea groups is 1. The van der Waals surface area contributed by atoms with Gasteiger partial charge in [0, 0.05) is 12.1 Å². The van der Waals surface area contributed by atoms with Crippen molar-refractivity contribution in [3.05, 3.63) is 0 Å². The first-order valence-corrected chi connectivity index (χ1v) is 7.95. The van der Waals surface area contributed by atoms with E-state index in [-0.39, 0.29) is 24.3 Å². The molecule has 124 valence electrons. The SMILES string of the molecule is CCC(N)(CC)CNC(=O)CN1C(=O)NC(C)(C2CC2)C1=O. The van der Waals surface area contributed by atoms with Crippen molar-refractivity contribution < 1.29 is 14.4 Å². The average Bonchev–Trinajstić information content (AvgIpc) is 3.31. The Balaban J connectivity index is 1.92. The highest BCUT2D eigenvalue weighted by Crippen LogP contribution is 2.42. The van der Waals surface area contributed by atoms with Gasteiger partial charge in [-0.25, -0.2) is 4.79 Å². The fourth-order valence-electron chi connectivity index (χ4n) is 2.77. The number of nitrogens with one attached hydrogen (secondary N) is 2.